The predicted molar refractivity (Wildman–Crippen MR) is 99.9 cm³/mol. The Morgan fingerprint density at radius 1 is 1.04 bits per heavy atom. The zero-order valence-electron chi connectivity index (χ0n) is 15.1. The van der Waals surface area contributed by atoms with Gasteiger partial charge in [-0.15, -0.1) is 0 Å². The van der Waals surface area contributed by atoms with Crippen LogP contribution in [0.2, 0.25) is 0 Å². The first-order valence-electron chi connectivity index (χ1n) is 9.50. The molecule has 2 fully saturated rings. The van der Waals surface area contributed by atoms with E-state index >= 15 is 0 Å². The third-order valence-corrected chi connectivity index (χ3v) is 8.39. The number of carboxylic acids is 1. The Labute approximate surface area is 159 Å². The molecule has 3 unspecified atom stereocenters. The van der Waals surface area contributed by atoms with Crippen LogP contribution in [0, 0.1) is 11.8 Å². The predicted octanol–water partition coefficient (Wildman–Crippen LogP) is 1.48. The molecule has 0 radical (unpaired) electrons. The fourth-order valence-corrected chi connectivity index (χ4v) is 6.45. The summed E-state index contributed by atoms with van der Waals surface area (Å²) in [5, 5.41) is 8.56. The molecule has 1 aromatic carbocycles. The normalized spacial score (nSPS) is 27.8. The van der Waals surface area contributed by atoms with Gasteiger partial charge in [-0.25, -0.2) is 8.42 Å². The second kappa shape index (κ2) is 6.82. The number of para-hydroxylation sites is 1. The van der Waals surface area contributed by atoms with Crippen LogP contribution in [0.4, 0.5) is 5.69 Å². The molecule has 27 heavy (non-hydrogen) atoms. The number of sulfonamides is 1. The lowest BCUT2D eigenvalue weighted by molar-refractivity contribution is -0.157. The van der Waals surface area contributed by atoms with Crippen molar-refractivity contribution in [3.05, 3.63) is 29.8 Å². The van der Waals surface area contributed by atoms with Crippen molar-refractivity contribution >= 4 is 27.6 Å². The van der Waals surface area contributed by atoms with E-state index in [0.717, 1.165) is 11.3 Å². The standard InChI is InChI=1S/C19H24N2O5S/c22-18(15-7-8-16(15)19(23)24)20-10-3-5-14(12-20)27(25,26)21-11-9-13-4-1-2-6-17(13)21/h1-2,4,6,14-16H,3,5,7-12H2,(H,23,24). The first-order valence-corrected chi connectivity index (χ1v) is 11.0. The van der Waals surface area contributed by atoms with E-state index in [2.05, 4.69) is 0 Å². The molecule has 4 rings (SSSR count). The highest BCUT2D eigenvalue weighted by molar-refractivity contribution is 7.93. The van der Waals surface area contributed by atoms with Gasteiger partial charge in [0.05, 0.1) is 22.8 Å². The fraction of sp³-hybridized carbons (Fsp3) is 0.579. The summed E-state index contributed by atoms with van der Waals surface area (Å²) in [6.45, 7) is 1.10. The molecule has 1 aliphatic carbocycles. The minimum atomic E-state index is -3.56. The number of carbonyl (C=O) groups is 2. The van der Waals surface area contributed by atoms with Crippen LogP contribution < -0.4 is 4.31 Å². The molecular weight excluding hydrogens is 368 g/mol. The number of fused-ring (bicyclic) bond motifs is 1. The van der Waals surface area contributed by atoms with Crippen molar-refractivity contribution in [1.29, 1.82) is 0 Å². The van der Waals surface area contributed by atoms with Gasteiger partial charge in [0.25, 0.3) is 0 Å². The number of carboxylic acid groups (broad SMARTS) is 1. The van der Waals surface area contributed by atoms with Gasteiger partial charge in [0, 0.05) is 19.6 Å². The molecule has 1 N–H and O–H groups in total. The van der Waals surface area contributed by atoms with Crippen LogP contribution >= 0.6 is 0 Å². The van der Waals surface area contributed by atoms with Crippen molar-refractivity contribution in [2.24, 2.45) is 11.8 Å². The van der Waals surface area contributed by atoms with Gasteiger partial charge in [-0.2, -0.15) is 0 Å². The molecule has 2 aliphatic heterocycles. The number of amides is 1. The maximum Gasteiger partial charge on any atom is 0.307 e. The summed E-state index contributed by atoms with van der Waals surface area (Å²) in [5.41, 5.74) is 1.77. The van der Waals surface area contributed by atoms with E-state index in [1.54, 1.807) is 4.90 Å². The van der Waals surface area contributed by atoms with E-state index in [0.29, 0.717) is 45.2 Å². The number of hydrogen-bond acceptors (Lipinski definition) is 4. The number of likely N-dealkylation sites (tertiary alicyclic amines) is 1. The molecule has 1 saturated carbocycles. The van der Waals surface area contributed by atoms with Crippen molar-refractivity contribution in [2.75, 3.05) is 23.9 Å². The number of benzene rings is 1. The van der Waals surface area contributed by atoms with Gasteiger partial charge < -0.3 is 10.0 Å². The van der Waals surface area contributed by atoms with Crippen molar-refractivity contribution in [3.63, 3.8) is 0 Å². The Morgan fingerprint density at radius 3 is 2.48 bits per heavy atom. The van der Waals surface area contributed by atoms with Gasteiger partial charge in [0.15, 0.2) is 0 Å². The Balaban J connectivity index is 1.50. The highest BCUT2D eigenvalue weighted by atomic mass is 32.2. The second-order valence-electron chi connectivity index (χ2n) is 7.67. The van der Waals surface area contributed by atoms with Crippen LogP contribution in [0.25, 0.3) is 0 Å². The van der Waals surface area contributed by atoms with Crippen LogP contribution in [0.1, 0.15) is 31.2 Å². The monoisotopic (exact) mass is 392 g/mol. The summed E-state index contributed by atoms with van der Waals surface area (Å²) in [5.74, 6) is -2.26. The number of rotatable bonds is 4. The molecule has 0 aromatic heterocycles. The zero-order chi connectivity index (χ0) is 19.2. The van der Waals surface area contributed by atoms with Crippen molar-refractivity contribution in [2.45, 2.75) is 37.4 Å². The molecule has 146 valence electrons. The quantitative estimate of drug-likeness (QED) is 0.837. The van der Waals surface area contributed by atoms with Gasteiger partial charge in [-0.1, -0.05) is 18.2 Å². The second-order valence-corrected chi connectivity index (χ2v) is 9.81. The number of aliphatic carboxylic acids is 1. The lowest BCUT2D eigenvalue weighted by Gasteiger charge is -2.40. The molecule has 8 heteroatoms. The molecule has 1 saturated heterocycles. The zero-order valence-corrected chi connectivity index (χ0v) is 15.9. The molecule has 1 amide bonds. The van der Waals surface area contributed by atoms with E-state index < -0.39 is 33.1 Å². The summed E-state index contributed by atoms with van der Waals surface area (Å²) in [6.07, 6.45) is 2.94. The van der Waals surface area contributed by atoms with Gasteiger partial charge in [-0.05, 0) is 43.7 Å². The average molecular weight is 392 g/mol. The van der Waals surface area contributed by atoms with Gasteiger partial charge in [0.2, 0.25) is 15.9 Å². The van der Waals surface area contributed by atoms with Crippen LogP contribution in [0.5, 0.6) is 0 Å². The highest BCUT2D eigenvalue weighted by Crippen LogP contribution is 2.37. The van der Waals surface area contributed by atoms with Crippen LogP contribution in [-0.2, 0) is 26.0 Å². The molecule has 3 atom stereocenters. The largest absolute Gasteiger partial charge is 0.481 e. The minimum absolute atomic E-state index is 0.155. The number of anilines is 1. The Kier molecular flexibility index (Phi) is 4.61. The number of nitrogens with zero attached hydrogens (tertiary/aromatic N) is 2. The van der Waals surface area contributed by atoms with Crippen molar-refractivity contribution < 1.29 is 23.1 Å². The lowest BCUT2D eigenvalue weighted by Crippen LogP contribution is -2.53. The maximum absolute atomic E-state index is 13.2. The first kappa shape index (κ1) is 18.3. The van der Waals surface area contributed by atoms with E-state index in [1.165, 1.54) is 4.31 Å². The van der Waals surface area contributed by atoms with Gasteiger partial charge >= 0.3 is 5.97 Å². The highest BCUT2D eigenvalue weighted by Gasteiger charge is 2.45. The lowest BCUT2D eigenvalue weighted by atomic mass is 9.72. The van der Waals surface area contributed by atoms with Crippen molar-refractivity contribution in [1.82, 2.24) is 4.90 Å². The number of carbonyl (C=O) groups excluding carboxylic acids is 1. The Morgan fingerprint density at radius 2 is 1.78 bits per heavy atom. The first-order chi connectivity index (χ1) is 12.9. The van der Waals surface area contributed by atoms with E-state index in [-0.39, 0.29) is 12.5 Å². The fourth-order valence-electron chi connectivity index (χ4n) is 4.46. The number of piperidine rings is 1. The third-order valence-electron chi connectivity index (χ3n) is 6.17. The van der Waals surface area contributed by atoms with Crippen LogP contribution in [0.3, 0.4) is 0 Å². The van der Waals surface area contributed by atoms with E-state index in [4.69, 9.17) is 0 Å². The van der Waals surface area contributed by atoms with Gasteiger partial charge in [-0.3, -0.25) is 13.9 Å². The molecule has 0 spiro atoms. The third kappa shape index (κ3) is 3.09. The van der Waals surface area contributed by atoms with E-state index in [9.17, 15) is 23.1 Å². The van der Waals surface area contributed by atoms with Crippen LogP contribution in [-0.4, -0.2) is 55.2 Å². The van der Waals surface area contributed by atoms with E-state index in [1.807, 2.05) is 24.3 Å². The Bertz CT molecular complexity index is 869. The summed E-state index contributed by atoms with van der Waals surface area (Å²) in [4.78, 5) is 25.5. The van der Waals surface area contributed by atoms with Crippen LogP contribution in [0.15, 0.2) is 24.3 Å². The maximum atomic E-state index is 13.2. The summed E-state index contributed by atoms with van der Waals surface area (Å²) < 4.78 is 28.0. The molecule has 3 aliphatic rings. The minimum Gasteiger partial charge on any atom is -0.481 e. The molecule has 1 aromatic rings. The smallest absolute Gasteiger partial charge is 0.307 e. The molecule has 7 nitrogen and oxygen atoms in total. The van der Waals surface area contributed by atoms with Crippen molar-refractivity contribution in [3.8, 4) is 0 Å². The molecule has 2 heterocycles. The SMILES string of the molecule is O=C(O)C1CCC1C(=O)N1CCCC(S(=O)(=O)N2CCc3ccccc32)C1. The topological polar surface area (TPSA) is 95.0 Å². The average Bonchev–Trinajstić information content (AvgIpc) is 3.05. The Hall–Kier alpha value is -2.09. The molecule has 0 bridgehead atoms. The van der Waals surface area contributed by atoms with Gasteiger partial charge in [0.1, 0.15) is 0 Å². The summed E-state index contributed by atoms with van der Waals surface area (Å²) >= 11 is 0. The summed E-state index contributed by atoms with van der Waals surface area (Å²) in [6, 6.07) is 7.53. The summed E-state index contributed by atoms with van der Waals surface area (Å²) in [7, 11) is -3.56. The number of hydrogen-bond donors (Lipinski definition) is 1. The molecular formula is C19H24N2O5S.